The van der Waals surface area contributed by atoms with Gasteiger partial charge < -0.3 is 11.1 Å². The zero-order valence-corrected chi connectivity index (χ0v) is 10.5. The summed E-state index contributed by atoms with van der Waals surface area (Å²) in [5.74, 6) is 0.468. The van der Waals surface area contributed by atoms with Crippen LogP contribution in [0.4, 0.5) is 17.2 Å². The number of nitrogens with two attached hydrogens (primary N) is 1. The second kappa shape index (κ2) is 4.77. The van der Waals surface area contributed by atoms with Crippen LogP contribution in [0.3, 0.4) is 0 Å². The fourth-order valence-electron chi connectivity index (χ4n) is 1.33. The summed E-state index contributed by atoms with van der Waals surface area (Å²) in [5.41, 5.74) is 7.94. The molecule has 0 aliphatic heterocycles. The van der Waals surface area contributed by atoms with E-state index in [-0.39, 0.29) is 5.15 Å². The van der Waals surface area contributed by atoms with E-state index >= 15 is 0 Å². The van der Waals surface area contributed by atoms with Crippen molar-refractivity contribution in [1.29, 1.82) is 0 Å². The Kier molecular flexibility index (Phi) is 3.36. The lowest BCUT2D eigenvalue weighted by Gasteiger charge is -2.11. The van der Waals surface area contributed by atoms with Gasteiger partial charge in [-0.15, -0.1) is 0 Å². The predicted molar refractivity (Wildman–Crippen MR) is 70.9 cm³/mol. The van der Waals surface area contributed by atoms with Gasteiger partial charge in [0.1, 0.15) is 12.0 Å². The Bertz CT molecular complexity index is 557. The molecule has 0 radical (unpaired) electrons. The third kappa shape index (κ3) is 2.60. The Morgan fingerprint density at radius 1 is 1.24 bits per heavy atom. The molecule has 0 fully saturated rings. The fraction of sp³-hybridized carbons (Fsp3) is 0.0909. The summed E-state index contributed by atoms with van der Waals surface area (Å²) in [5, 5.41) is 3.94. The Morgan fingerprint density at radius 3 is 2.76 bits per heavy atom. The molecule has 6 heteroatoms. The van der Waals surface area contributed by atoms with Gasteiger partial charge >= 0.3 is 0 Å². The fourth-order valence-corrected chi connectivity index (χ4v) is 1.64. The van der Waals surface area contributed by atoms with Crippen LogP contribution in [0.15, 0.2) is 24.5 Å². The highest BCUT2D eigenvalue weighted by Crippen LogP contribution is 2.28. The monoisotopic (exact) mass is 268 g/mol. The van der Waals surface area contributed by atoms with Crippen molar-refractivity contribution in [3.05, 3.63) is 40.3 Å². The Labute approximate surface area is 109 Å². The Morgan fingerprint density at radius 2 is 2.00 bits per heavy atom. The van der Waals surface area contributed by atoms with Crippen LogP contribution in [0.2, 0.25) is 10.2 Å². The van der Waals surface area contributed by atoms with Crippen LogP contribution < -0.4 is 11.1 Å². The lowest BCUT2D eigenvalue weighted by Crippen LogP contribution is -2.02. The van der Waals surface area contributed by atoms with Crippen molar-refractivity contribution >= 4 is 40.4 Å². The zero-order valence-electron chi connectivity index (χ0n) is 9.04. The third-order valence-electron chi connectivity index (χ3n) is 2.29. The second-order valence-electron chi connectivity index (χ2n) is 3.51. The molecule has 2 aromatic rings. The predicted octanol–water partition coefficient (Wildman–Crippen LogP) is 3.42. The number of rotatable bonds is 2. The summed E-state index contributed by atoms with van der Waals surface area (Å²) >= 11 is 11.7. The van der Waals surface area contributed by atoms with E-state index in [0.29, 0.717) is 16.5 Å². The van der Waals surface area contributed by atoms with E-state index in [1.807, 2.05) is 19.1 Å². The van der Waals surface area contributed by atoms with Gasteiger partial charge in [0.05, 0.1) is 0 Å². The highest BCUT2D eigenvalue weighted by atomic mass is 35.5. The summed E-state index contributed by atoms with van der Waals surface area (Å²) in [6.45, 7) is 1.96. The average Bonchev–Trinajstić information content (AvgIpc) is 2.30. The van der Waals surface area contributed by atoms with Crippen LogP contribution in [-0.4, -0.2) is 9.97 Å². The summed E-state index contributed by atoms with van der Waals surface area (Å²) in [4.78, 5) is 7.81. The molecule has 0 atom stereocenters. The van der Waals surface area contributed by atoms with E-state index in [9.17, 15) is 0 Å². The Balaban J connectivity index is 2.38. The number of benzene rings is 1. The van der Waals surface area contributed by atoms with E-state index in [2.05, 4.69) is 15.3 Å². The molecule has 0 saturated heterocycles. The molecule has 17 heavy (non-hydrogen) atoms. The molecule has 0 spiro atoms. The lowest BCUT2D eigenvalue weighted by atomic mass is 10.2. The molecule has 0 saturated carbocycles. The number of nitrogens with one attached hydrogen (secondary N) is 1. The summed E-state index contributed by atoms with van der Waals surface area (Å²) in [6, 6.07) is 5.52. The van der Waals surface area contributed by atoms with Crippen molar-refractivity contribution in [2.45, 2.75) is 6.92 Å². The maximum atomic E-state index is 5.92. The van der Waals surface area contributed by atoms with Crippen molar-refractivity contribution in [3.8, 4) is 0 Å². The second-order valence-corrected chi connectivity index (χ2v) is 4.31. The van der Waals surface area contributed by atoms with Crippen molar-refractivity contribution in [2.75, 3.05) is 11.1 Å². The largest absolute Gasteiger partial charge is 0.393 e. The van der Waals surface area contributed by atoms with Gasteiger partial charge in [-0.3, -0.25) is 0 Å². The molecule has 0 aliphatic rings. The molecule has 0 unspecified atom stereocenters. The average molecular weight is 269 g/mol. The highest BCUT2D eigenvalue weighted by molar-refractivity contribution is 6.32. The number of anilines is 3. The molecule has 88 valence electrons. The van der Waals surface area contributed by atoms with Gasteiger partial charge in [0.2, 0.25) is 0 Å². The first kappa shape index (κ1) is 12.0. The lowest BCUT2D eigenvalue weighted by molar-refractivity contribution is 1.17. The van der Waals surface area contributed by atoms with E-state index in [1.54, 1.807) is 6.07 Å². The molecule has 1 heterocycles. The van der Waals surface area contributed by atoms with E-state index in [0.717, 1.165) is 11.3 Å². The topological polar surface area (TPSA) is 63.8 Å². The van der Waals surface area contributed by atoms with Crippen LogP contribution in [0, 0.1) is 6.92 Å². The van der Waals surface area contributed by atoms with Gasteiger partial charge in [0.15, 0.2) is 11.0 Å². The molecule has 0 aliphatic carbocycles. The van der Waals surface area contributed by atoms with Crippen LogP contribution in [0.1, 0.15) is 5.56 Å². The number of halogens is 2. The van der Waals surface area contributed by atoms with E-state index in [1.165, 1.54) is 6.33 Å². The highest BCUT2D eigenvalue weighted by Gasteiger charge is 2.07. The minimum atomic E-state index is 0.224. The molecule has 1 aromatic carbocycles. The SMILES string of the molecule is Cc1ccc(Cl)cc1Nc1ncnc(Cl)c1N. The first-order chi connectivity index (χ1) is 8.08. The maximum absolute atomic E-state index is 5.92. The molecule has 0 bridgehead atoms. The van der Waals surface area contributed by atoms with Gasteiger partial charge in [-0.05, 0) is 24.6 Å². The molecule has 3 N–H and O–H groups in total. The van der Waals surface area contributed by atoms with Crippen molar-refractivity contribution < 1.29 is 0 Å². The number of hydrogen-bond donors (Lipinski definition) is 2. The minimum absolute atomic E-state index is 0.224. The maximum Gasteiger partial charge on any atom is 0.158 e. The first-order valence-electron chi connectivity index (χ1n) is 4.87. The summed E-state index contributed by atoms with van der Waals surface area (Å²) in [6.07, 6.45) is 1.35. The number of hydrogen-bond acceptors (Lipinski definition) is 4. The molecule has 0 amide bonds. The van der Waals surface area contributed by atoms with Crippen LogP contribution >= 0.6 is 23.2 Å². The zero-order chi connectivity index (χ0) is 12.4. The van der Waals surface area contributed by atoms with Gasteiger partial charge in [0, 0.05) is 10.7 Å². The number of nitrogens with zero attached hydrogens (tertiary/aromatic N) is 2. The number of aryl methyl sites for hydroxylation is 1. The molecular weight excluding hydrogens is 259 g/mol. The molecule has 1 aromatic heterocycles. The van der Waals surface area contributed by atoms with Crippen LogP contribution in [0.25, 0.3) is 0 Å². The van der Waals surface area contributed by atoms with Gasteiger partial charge in [-0.1, -0.05) is 29.3 Å². The molecule has 4 nitrogen and oxygen atoms in total. The van der Waals surface area contributed by atoms with Crippen LogP contribution in [0.5, 0.6) is 0 Å². The third-order valence-corrected chi connectivity index (χ3v) is 2.82. The summed E-state index contributed by atoms with van der Waals surface area (Å²) in [7, 11) is 0. The molecule has 2 rings (SSSR count). The minimum Gasteiger partial charge on any atom is -0.393 e. The van der Waals surface area contributed by atoms with Crippen LogP contribution in [-0.2, 0) is 0 Å². The smallest absolute Gasteiger partial charge is 0.158 e. The van der Waals surface area contributed by atoms with Crippen molar-refractivity contribution in [2.24, 2.45) is 0 Å². The van der Waals surface area contributed by atoms with Gasteiger partial charge in [0.25, 0.3) is 0 Å². The van der Waals surface area contributed by atoms with E-state index < -0.39 is 0 Å². The van der Waals surface area contributed by atoms with Crippen molar-refractivity contribution in [1.82, 2.24) is 9.97 Å². The first-order valence-corrected chi connectivity index (χ1v) is 5.62. The standard InChI is InChI=1S/C11H10Cl2N4/c1-6-2-3-7(12)4-8(6)17-11-9(14)10(13)15-5-16-11/h2-5H,14H2,1H3,(H,15,16,17). The quantitative estimate of drug-likeness (QED) is 0.820. The number of nitrogen functional groups attached to an aromatic ring is 1. The molecular formula is C11H10Cl2N4. The normalized spacial score (nSPS) is 10.3. The Hall–Kier alpha value is -1.52. The van der Waals surface area contributed by atoms with Gasteiger partial charge in [-0.2, -0.15) is 0 Å². The van der Waals surface area contributed by atoms with E-state index in [4.69, 9.17) is 28.9 Å². The van der Waals surface area contributed by atoms with Gasteiger partial charge in [-0.25, -0.2) is 9.97 Å². The summed E-state index contributed by atoms with van der Waals surface area (Å²) < 4.78 is 0. The van der Waals surface area contributed by atoms with Crippen molar-refractivity contribution in [3.63, 3.8) is 0 Å². The number of aromatic nitrogens is 2.